The number of phenolic OH excluding ortho intramolecular Hbond substituents is 1. The number of benzene rings is 1. The van der Waals surface area contributed by atoms with Gasteiger partial charge in [-0.15, -0.1) is 0 Å². The number of aromatic hydroxyl groups is 1. The summed E-state index contributed by atoms with van der Waals surface area (Å²) in [4.78, 5) is 0. The van der Waals surface area contributed by atoms with Gasteiger partial charge in [-0.1, -0.05) is 6.42 Å². The fraction of sp³-hybridized carbons (Fsp3) is 0.467. The van der Waals surface area contributed by atoms with Crippen LogP contribution in [0.5, 0.6) is 5.75 Å². The minimum Gasteiger partial charge on any atom is -0.508 e. The van der Waals surface area contributed by atoms with Gasteiger partial charge in [-0.25, -0.2) is 0 Å². The Morgan fingerprint density at radius 2 is 2.05 bits per heavy atom. The van der Waals surface area contributed by atoms with Crippen LogP contribution in [0.3, 0.4) is 0 Å². The van der Waals surface area contributed by atoms with Gasteiger partial charge in [0.1, 0.15) is 5.75 Å². The first-order valence-corrected chi connectivity index (χ1v) is 7.50. The fourth-order valence-corrected chi connectivity index (χ4v) is 3.55. The van der Waals surface area contributed by atoms with Crippen molar-refractivity contribution in [1.29, 1.82) is 0 Å². The minimum absolute atomic E-state index is 0.253. The Morgan fingerprint density at radius 1 is 1.25 bits per heavy atom. The van der Waals surface area contributed by atoms with E-state index >= 15 is 0 Å². The molecule has 0 saturated heterocycles. The highest BCUT2D eigenvalue weighted by molar-refractivity contribution is 7.80. The average molecular weight is 289 g/mol. The van der Waals surface area contributed by atoms with Crippen LogP contribution in [0.1, 0.15) is 31.2 Å². The molecule has 2 saturated carbocycles. The molecule has 0 unspecified atom stereocenters. The van der Waals surface area contributed by atoms with Crippen molar-refractivity contribution >= 4 is 23.5 Å². The molecule has 0 aromatic heterocycles. The summed E-state index contributed by atoms with van der Waals surface area (Å²) in [7, 11) is 0. The van der Waals surface area contributed by atoms with Crippen molar-refractivity contribution in [3.63, 3.8) is 0 Å². The number of thiocarbonyl (C=S) groups is 1. The Kier molecular flexibility index (Phi) is 3.87. The molecule has 4 nitrogen and oxygen atoms in total. The zero-order valence-corrected chi connectivity index (χ0v) is 12.1. The third-order valence-corrected chi connectivity index (χ3v) is 4.54. The third-order valence-electron chi connectivity index (χ3n) is 4.33. The molecule has 0 heterocycles. The minimum atomic E-state index is 0.253. The molecule has 0 radical (unpaired) electrons. The highest BCUT2D eigenvalue weighted by atomic mass is 32.1. The van der Waals surface area contributed by atoms with Gasteiger partial charge in [0.25, 0.3) is 0 Å². The van der Waals surface area contributed by atoms with Crippen LogP contribution in [0.25, 0.3) is 0 Å². The molecule has 3 rings (SSSR count). The summed E-state index contributed by atoms with van der Waals surface area (Å²) in [6.45, 7) is 0. The Hall–Kier alpha value is -1.62. The van der Waals surface area contributed by atoms with E-state index in [0.717, 1.165) is 17.4 Å². The number of hydrogen-bond acceptors (Lipinski definition) is 3. The number of rotatable bonds is 3. The van der Waals surface area contributed by atoms with Crippen LogP contribution in [0.15, 0.2) is 29.4 Å². The van der Waals surface area contributed by atoms with Crippen LogP contribution >= 0.6 is 12.2 Å². The number of phenols is 1. The maximum Gasteiger partial charge on any atom is 0.187 e. The lowest BCUT2D eigenvalue weighted by Crippen LogP contribution is -2.42. The molecule has 0 aliphatic heterocycles. The summed E-state index contributed by atoms with van der Waals surface area (Å²) in [6, 6.07) is 7.39. The predicted octanol–water partition coefficient (Wildman–Crippen LogP) is 2.38. The molecule has 0 spiro atoms. The van der Waals surface area contributed by atoms with Gasteiger partial charge >= 0.3 is 0 Å². The van der Waals surface area contributed by atoms with Crippen molar-refractivity contribution in [1.82, 2.24) is 10.7 Å². The van der Waals surface area contributed by atoms with Crippen LogP contribution in [0.4, 0.5) is 0 Å². The average Bonchev–Trinajstić information content (AvgIpc) is 3.03. The normalized spacial score (nSPS) is 27.9. The molecule has 1 aromatic rings. The van der Waals surface area contributed by atoms with Crippen LogP contribution in [-0.4, -0.2) is 22.5 Å². The van der Waals surface area contributed by atoms with Crippen LogP contribution < -0.4 is 10.7 Å². The topological polar surface area (TPSA) is 56.7 Å². The Labute approximate surface area is 124 Å². The number of hydrogen-bond donors (Lipinski definition) is 3. The van der Waals surface area contributed by atoms with E-state index in [0.29, 0.717) is 11.2 Å². The van der Waals surface area contributed by atoms with E-state index in [2.05, 4.69) is 15.8 Å². The van der Waals surface area contributed by atoms with E-state index < -0.39 is 0 Å². The first-order chi connectivity index (χ1) is 9.70. The van der Waals surface area contributed by atoms with Crippen LogP contribution in [-0.2, 0) is 0 Å². The molecular formula is C15H19N3OS. The Balaban J connectivity index is 1.46. The van der Waals surface area contributed by atoms with Gasteiger partial charge in [-0.2, -0.15) is 5.10 Å². The molecule has 1 aromatic carbocycles. The number of fused-ring (bicyclic) bond motifs is 2. The maximum atomic E-state index is 9.19. The van der Waals surface area contributed by atoms with Gasteiger partial charge in [-0.3, -0.25) is 5.43 Å². The first kappa shape index (κ1) is 13.4. The van der Waals surface area contributed by atoms with Gasteiger partial charge in [-0.05, 0) is 73.1 Å². The van der Waals surface area contributed by atoms with Crippen molar-refractivity contribution in [2.75, 3.05) is 0 Å². The zero-order chi connectivity index (χ0) is 13.9. The van der Waals surface area contributed by atoms with Crippen molar-refractivity contribution in [3.8, 4) is 5.75 Å². The van der Waals surface area contributed by atoms with E-state index in [4.69, 9.17) is 12.2 Å². The second-order valence-electron chi connectivity index (χ2n) is 5.72. The molecule has 2 fully saturated rings. The van der Waals surface area contributed by atoms with E-state index in [1.54, 1.807) is 30.5 Å². The lowest BCUT2D eigenvalue weighted by Gasteiger charge is -2.23. The monoisotopic (exact) mass is 289 g/mol. The molecule has 5 heteroatoms. The molecule has 2 aliphatic rings. The Bertz CT molecular complexity index is 514. The SMILES string of the molecule is Oc1ccc(/C=N\NC(=S)N[C@@H]2C[C@@H]3CC[C@@H]2C3)cc1. The lowest BCUT2D eigenvalue weighted by atomic mass is 9.96. The Morgan fingerprint density at radius 3 is 2.70 bits per heavy atom. The van der Waals surface area contributed by atoms with Gasteiger partial charge in [0.15, 0.2) is 5.11 Å². The fourth-order valence-electron chi connectivity index (χ4n) is 3.35. The second kappa shape index (κ2) is 5.79. The third kappa shape index (κ3) is 3.10. The highest BCUT2D eigenvalue weighted by Crippen LogP contribution is 2.44. The largest absolute Gasteiger partial charge is 0.508 e. The lowest BCUT2D eigenvalue weighted by molar-refractivity contribution is 0.389. The maximum absolute atomic E-state index is 9.19. The molecule has 2 bridgehead atoms. The standard InChI is InChI=1S/C15H19N3OS/c19-13-5-2-10(3-6-13)9-16-18-15(20)17-14-8-11-1-4-12(14)7-11/h2-3,5-6,9,11-12,14,19H,1,4,7-8H2,(H2,17,18,20)/b16-9-/t11-,12-,14-/m1/s1. The summed E-state index contributed by atoms with van der Waals surface area (Å²) < 4.78 is 0. The zero-order valence-electron chi connectivity index (χ0n) is 11.2. The van der Waals surface area contributed by atoms with Gasteiger partial charge in [0, 0.05) is 6.04 Å². The highest BCUT2D eigenvalue weighted by Gasteiger charge is 2.39. The van der Waals surface area contributed by atoms with Crippen LogP contribution in [0.2, 0.25) is 0 Å². The number of nitrogens with zero attached hydrogens (tertiary/aromatic N) is 1. The quantitative estimate of drug-likeness (QED) is 0.454. The van der Waals surface area contributed by atoms with Gasteiger partial charge < -0.3 is 10.4 Å². The smallest absolute Gasteiger partial charge is 0.187 e. The van der Waals surface area contributed by atoms with E-state index in [9.17, 15) is 5.11 Å². The summed E-state index contributed by atoms with van der Waals surface area (Å²) in [5.74, 6) is 1.95. The molecule has 2 aliphatic carbocycles. The predicted molar refractivity (Wildman–Crippen MR) is 83.8 cm³/mol. The molecule has 106 valence electrons. The molecule has 0 amide bonds. The second-order valence-corrected chi connectivity index (χ2v) is 6.12. The summed E-state index contributed by atoms with van der Waals surface area (Å²) in [5.41, 5.74) is 3.77. The molecule has 3 N–H and O–H groups in total. The van der Waals surface area contributed by atoms with Crippen molar-refractivity contribution < 1.29 is 5.11 Å². The number of hydrazone groups is 1. The van der Waals surface area contributed by atoms with Gasteiger partial charge in [0.05, 0.1) is 6.21 Å². The van der Waals surface area contributed by atoms with E-state index in [1.165, 1.54) is 25.7 Å². The molecule has 20 heavy (non-hydrogen) atoms. The van der Waals surface area contributed by atoms with E-state index in [-0.39, 0.29) is 5.75 Å². The number of nitrogens with one attached hydrogen (secondary N) is 2. The van der Waals surface area contributed by atoms with Crippen molar-refractivity contribution in [2.45, 2.75) is 31.7 Å². The molecular weight excluding hydrogens is 270 g/mol. The summed E-state index contributed by atoms with van der Waals surface area (Å²) in [5, 5.41) is 17.3. The molecule has 3 atom stereocenters. The van der Waals surface area contributed by atoms with Crippen LogP contribution in [0, 0.1) is 11.8 Å². The summed E-state index contributed by atoms with van der Waals surface area (Å²) in [6.07, 6.45) is 7.02. The van der Waals surface area contributed by atoms with Gasteiger partial charge in [0.2, 0.25) is 0 Å². The summed E-state index contributed by atoms with van der Waals surface area (Å²) >= 11 is 5.27. The van der Waals surface area contributed by atoms with E-state index in [1.807, 2.05) is 0 Å². The van der Waals surface area contributed by atoms with Crippen molar-refractivity contribution in [2.24, 2.45) is 16.9 Å². The first-order valence-electron chi connectivity index (χ1n) is 7.09. The van der Waals surface area contributed by atoms with Crippen molar-refractivity contribution in [3.05, 3.63) is 29.8 Å².